The van der Waals surface area contributed by atoms with Gasteiger partial charge in [0.05, 0.1) is 5.69 Å². The van der Waals surface area contributed by atoms with E-state index in [0.29, 0.717) is 0 Å². The maximum Gasteiger partial charge on any atom is 0.143 e. The van der Waals surface area contributed by atoms with Crippen molar-refractivity contribution < 1.29 is 4.42 Å². The molecule has 282 valence electrons. The lowest BCUT2D eigenvalue weighted by molar-refractivity contribution is 0.670. The average molecular weight is 766 g/mol. The summed E-state index contributed by atoms with van der Waals surface area (Å²) in [6.45, 7) is 0. The van der Waals surface area contributed by atoms with Crippen molar-refractivity contribution in [1.82, 2.24) is 0 Å². The van der Waals surface area contributed by atoms with Gasteiger partial charge < -0.3 is 9.32 Å². The highest BCUT2D eigenvalue weighted by molar-refractivity contribution is 6.09. The fourth-order valence-electron chi connectivity index (χ4n) is 8.70. The van der Waals surface area contributed by atoms with Crippen LogP contribution < -0.4 is 4.90 Å². The Morgan fingerprint density at radius 1 is 0.283 bits per heavy atom. The molecule has 0 N–H and O–H groups in total. The van der Waals surface area contributed by atoms with E-state index in [2.05, 4.69) is 229 Å². The maximum atomic E-state index is 6.47. The predicted octanol–water partition coefficient (Wildman–Crippen LogP) is 16.5. The number of hydrogen-bond acceptors (Lipinski definition) is 2. The molecule has 2 heteroatoms. The molecule has 0 aliphatic rings. The Morgan fingerprint density at radius 2 is 0.750 bits per heavy atom. The van der Waals surface area contributed by atoms with E-state index in [0.717, 1.165) is 66.8 Å². The topological polar surface area (TPSA) is 16.4 Å². The number of anilines is 3. The summed E-state index contributed by atoms with van der Waals surface area (Å²) < 4.78 is 6.47. The lowest BCUT2D eigenvalue weighted by atomic mass is 9.94. The second kappa shape index (κ2) is 15.1. The van der Waals surface area contributed by atoms with Gasteiger partial charge in [-0.1, -0.05) is 200 Å². The van der Waals surface area contributed by atoms with E-state index >= 15 is 0 Å². The van der Waals surface area contributed by atoms with Crippen LogP contribution in [0.25, 0.3) is 88.3 Å². The maximum absolute atomic E-state index is 6.47. The molecular weight excluding hydrogens is 727 g/mol. The van der Waals surface area contributed by atoms with E-state index in [-0.39, 0.29) is 0 Å². The molecule has 60 heavy (non-hydrogen) atoms. The van der Waals surface area contributed by atoms with Gasteiger partial charge in [-0.05, 0) is 91.7 Å². The van der Waals surface area contributed by atoms with Crippen molar-refractivity contribution in [3.8, 4) is 55.6 Å². The molecule has 0 unspecified atom stereocenters. The zero-order valence-electron chi connectivity index (χ0n) is 32.9. The van der Waals surface area contributed by atoms with Gasteiger partial charge in [0.2, 0.25) is 0 Å². The van der Waals surface area contributed by atoms with Crippen molar-refractivity contribution in [2.45, 2.75) is 0 Å². The Labute approximate surface area is 349 Å². The summed E-state index contributed by atoms with van der Waals surface area (Å²) >= 11 is 0. The summed E-state index contributed by atoms with van der Waals surface area (Å²) in [5.74, 6) is 0. The molecule has 0 fully saturated rings. The number of hydrogen-bond donors (Lipinski definition) is 0. The summed E-state index contributed by atoms with van der Waals surface area (Å²) in [5.41, 5.74) is 16.6. The number of benzene rings is 10. The minimum atomic E-state index is 0.901. The molecule has 10 aromatic carbocycles. The summed E-state index contributed by atoms with van der Waals surface area (Å²) in [7, 11) is 0. The molecule has 1 aromatic heterocycles. The van der Waals surface area contributed by atoms with Gasteiger partial charge in [0.1, 0.15) is 11.2 Å². The highest BCUT2D eigenvalue weighted by Gasteiger charge is 2.20. The van der Waals surface area contributed by atoms with Crippen molar-refractivity contribution in [1.29, 1.82) is 0 Å². The highest BCUT2D eigenvalue weighted by atomic mass is 16.3. The summed E-state index contributed by atoms with van der Waals surface area (Å²) in [4.78, 5) is 2.40. The molecule has 11 rings (SSSR count). The van der Waals surface area contributed by atoms with Crippen LogP contribution in [0.4, 0.5) is 17.1 Å². The summed E-state index contributed by atoms with van der Waals surface area (Å²) in [5, 5.41) is 4.76. The molecule has 0 aliphatic heterocycles. The van der Waals surface area contributed by atoms with E-state index in [1.54, 1.807) is 0 Å². The van der Waals surface area contributed by atoms with Gasteiger partial charge in [-0.2, -0.15) is 0 Å². The van der Waals surface area contributed by atoms with E-state index in [1.807, 2.05) is 12.1 Å². The van der Waals surface area contributed by atoms with Crippen molar-refractivity contribution in [2.75, 3.05) is 4.90 Å². The SMILES string of the molecule is c1ccc(-c2ccc(N(c3ccc(-c4cccc5c4oc4ccccc45)cc3)c3cc(-c4ccccc4)ccc3-c3ccc(-c4cccc5ccccc45)cc3)cc2)cc1. The highest BCUT2D eigenvalue weighted by Crippen LogP contribution is 2.45. The lowest BCUT2D eigenvalue weighted by Crippen LogP contribution is -2.11. The fourth-order valence-corrected chi connectivity index (χ4v) is 8.70. The zero-order chi connectivity index (χ0) is 39.8. The molecule has 1 heterocycles. The van der Waals surface area contributed by atoms with E-state index in [4.69, 9.17) is 4.42 Å². The van der Waals surface area contributed by atoms with Gasteiger partial charge in [0, 0.05) is 33.3 Å². The normalized spacial score (nSPS) is 11.3. The molecule has 0 atom stereocenters. The van der Waals surface area contributed by atoms with Crippen LogP contribution in [-0.2, 0) is 0 Å². The molecule has 0 amide bonds. The van der Waals surface area contributed by atoms with Gasteiger partial charge in [0.25, 0.3) is 0 Å². The van der Waals surface area contributed by atoms with Crippen LogP contribution in [0.2, 0.25) is 0 Å². The first kappa shape index (κ1) is 35.2. The number of furan rings is 1. The van der Waals surface area contributed by atoms with E-state index in [9.17, 15) is 0 Å². The third kappa shape index (κ3) is 6.41. The van der Waals surface area contributed by atoms with E-state index in [1.165, 1.54) is 38.6 Å². The van der Waals surface area contributed by atoms with Crippen molar-refractivity contribution >= 4 is 49.8 Å². The molecule has 11 aromatic rings. The first-order valence-electron chi connectivity index (χ1n) is 20.5. The second-order valence-corrected chi connectivity index (χ2v) is 15.3. The standard InChI is InChI=1S/C58H39NO/c1-3-13-40(14-4-1)42-29-34-48(35-30-42)59(49-36-31-46(32-37-49)53-22-12-23-55-54-20-9-10-24-57(54)60-58(53)55)56-39-47(41-15-5-2-6-16-41)33-38-52(56)45-27-25-44(26-28-45)51-21-11-18-43-17-7-8-19-50(43)51/h1-39H. The van der Waals surface area contributed by atoms with Crippen LogP contribution >= 0.6 is 0 Å². The number of nitrogens with zero attached hydrogens (tertiary/aromatic N) is 1. The van der Waals surface area contributed by atoms with Crippen molar-refractivity contribution in [3.63, 3.8) is 0 Å². The number of para-hydroxylation sites is 2. The Kier molecular flexibility index (Phi) is 8.87. The molecule has 0 bridgehead atoms. The van der Waals surface area contributed by atoms with Crippen LogP contribution in [0.3, 0.4) is 0 Å². The Bertz CT molecular complexity index is 3270. The van der Waals surface area contributed by atoms with E-state index < -0.39 is 0 Å². The first-order valence-corrected chi connectivity index (χ1v) is 20.5. The monoisotopic (exact) mass is 765 g/mol. The Balaban J connectivity index is 1.07. The zero-order valence-corrected chi connectivity index (χ0v) is 32.9. The van der Waals surface area contributed by atoms with Crippen LogP contribution in [0.1, 0.15) is 0 Å². The molecule has 0 radical (unpaired) electrons. The number of rotatable bonds is 8. The quantitative estimate of drug-likeness (QED) is 0.153. The Morgan fingerprint density at radius 3 is 1.47 bits per heavy atom. The molecule has 0 saturated carbocycles. The molecule has 0 aliphatic carbocycles. The fraction of sp³-hybridized carbons (Fsp3) is 0. The third-order valence-electron chi connectivity index (χ3n) is 11.7. The van der Waals surface area contributed by atoms with Gasteiger partial charge in [0.15, 0.2) is 0 Å². The first-order chi connectivity index (χ1) is 29.7. The predicted molar refractivity (Wildman–Crippen MR) is 253 cm³/mol. The average Bonchev–Trinajstić information content (AvgIpc) is 3.72. The van der Waals surface area contributed by atoms with Crippen LogP contribution in [0, 0.1) is 0 Å². The van der Waals surface area contributed by atoms with Crippen molar-refractivity contribution in [2.24, 2.45) is 0 Å². The second-order valence-electron chi connectivity index (χ2n) is 15.3. The summed E-state index contributed by atoms with van der Waals surface area (Å²) in [6, 6.07) is 84.9. The van der Waals surface area contributed by atoms with Gasteiger partial charge >= 0.3 is 0 Å². The number of fused-ring (bicyclic) bond motifs is 4. The van der Waals surface area contributed by atoms with Crippen LogP contribution in [0.5, 0.6) is 0 Å². The largest absolute Gasteiger partial charge is 0.455 e. The third-order valence-corrected chi connectivity index (χ3v) is 11.7. The summed E-state index contributed by atoms with van der Waals surface area (Å²) in [6.07, 6.45) is 0. The lowest BCUT2D eigenvalue weighted by Gasteiger charge is -2.29. The van der Waals surface area contributed by atoms with Crippen molar-refractivity contribution in [3.05, 3.63) is 237 Å². The molecule has 0 saturated heterocycles. The molecule has 2 nitrogen and oxygen atoms in total. The van der Waals surface area contributed by atoms with Gasteiger partial charge in [-0.3, -0.25) is 0 Å². The van der Waals surface area contributed by atoms with Gasteiger partial charge in [-0.25, -0.2) is 0 Å². The Hall–Kier alpha value is -7.94. The minimum Gasteiger partial charge on any atom is -0.455 e. The molecule has 0 spiro atoms. The molecular formula is C58H39NO. The van der Waals surface area contributed by atoms with Crippen LogP contribution in [-0.4, -0.2) is 0 Å². The minimum absolute atomic E-state index is 0.901. The van der Waals surface area contributed by atoms with Crippen LogP contribution in [0.15, 0.2) is 241 Å². The smallest absolute Gasteiger partial charge is 0.143 e. The van der Waals surface area contributed by atoms with Gasteiger partial charge in [-0.15, -0.1) is 0 Å².